The second-order valence-electron chi connectivity index (χ2n) is 4.80. The van der Waals surface area contributed by atoms with E-state index in [1.54, 1.807) is 18.0 Å². The Morgan fingerprint density at radius 3 is 2.95 bits per heavy atom. The molecule has 4 nitrogen and oxygen atoms in total. The molecule has 0 saturated heterocycles. The van der Waals surface area contributed by atoms with Gasteiger partial charge >= 0.3 is 0 Å². The second-order valence-corrected chi connectivity index (χ2v) is 6.57. The fourth-order valence-electron chi connectivity index (χ4n) is 2.09. The Morgan fingerprint density at radius 2 is 2.14 bits per heavy atom. The predicted octanol–water partition coefficient (Wildman–Crippen LogP) is 3.31. The highest BCUT2D eigenvalue weighted by Crippen LogP contribution is 2.12. The number of H-pyrrole nitrogens is 1. The molecule has 0 atom stereocenters. The molecule has 2 heterocycles. The van der Waals surface area contributed by atoms with Gasteiger partial charge in [0.1, 0.15) is 10.1 Å². The molecule has 0 saturated carbocycles. The standard InChI is InChI=1S/C16H16N4S2/c21-16(18-11-12-4-3-8-17-10-12)22-9-7-15-19-13-5-1-2-6-14(13)20-15/h1-6,8,10H,7,9,11H2,(H,18,21)(H,19,20). The molecule has 0 fully saturated rings. The Balaban J connectivity index is 1.43. The van der Waals surface area contributed by atoms with Crippen molar-refractivity contribution in [2.75, 3.05) is 5.75 Å². The van der Waals surface area contributed by atoms with Crippen LogP contribution >= 0.6 is 24.0 Å². The number of hydrogen-bond donors (Lipinski definition) is 2. The van der Waals surface area contributed by atoms with Gasteiger partial charge in [-0.2, -0.15) is 0 Å². The van der Waals surface area contributed by atoms with Gasteiger partial charge < -0.3 is 10.3 Å². The zero-order valence-corrected chi connectivity index (χ0v) is 13.6. The SMILES string of the molecule is S=C(NCc1cccnc1)SCCc1nc2ccccc2[nH]1. The average Bonchev–Trinajstić information content (AvgIpc) is 2.96. The molecule has 0 aliphatic rings. The van der Waals surface area contributed by atoms with Crippen LogP contribution in [0.5, 0.6) is 0 Å². The smallest absolute Gasteiger partial charge is 0.134 e. The molecule has 0 unspecified atom stereocenters. The summed E-state index contributed by atoms with van der Waals surface area (Å²) in [5.41, 5.74) is 3.22. The van der Waals surface area contributed by atoms with Crippen molar-refractivity contribution in [2.24, 2.45) is 0 Å². The Labute approximate surface area is 138 Å². The van der Waals surface area contributed by atoms with Gasteiger partial charge in [-0.3, -0.25) is 4.98 Å². The lowest BCUT2D eigenvalue weighted by Gasteiger charge is -2.06. The van der Waals surface area contributed by atoms with Gasteiger partial charge in [-0.15, -0.1) is 0 Å². The molecule has 112 valence electrons. The van der Waals surface area contributed by atoms with Crippen molar-refractivity contribution in [3.05, 3.63) is 60.2 Å². The number of nitrogens with one attached hydrogen (secondary N) is 2. The van der Waals surface area contributed by atoms with Crippen LogP contribution in [0.4, 0.5) is 0 Å². The number of aromatic amines is 1. The quantitative estimate of drug-likeness (QED) is 0.704. The summed E-state index contributed by atoms with van der Waals surface area (Å²) >= 11 is 6.97. The van der Waals surface area contributed by atoms with Crippen LogP contribution in [0, 0.1) is 0 Å². The highest BCUT2D eigenvalue weighted by Gasteiger charge is 2.03. The number of thioether (sulfide) groups is 1. The van der Waals surface area contributed by atoms with Crippen LogP contribution in [0.15, 0.2) is 48.8 Å². The molecule has 22 heavy (non-hydrogen) atoms. The van der Waals surface area contributed by atoms with Crippen LogP contribution < -0.4 is 5.32 Å². The molecular formula is C16H16N4S2. The van der Waals surface area contributed by atoms with E-state index >= 15 is 0 Å². The van der Waals surface area contributed by atoms with E-state index in [-0.39, 0.29) is 0 Å². The minimum Gasteiger partial charge on any atom is -0.367 e. The minimum absolute atomic E-state index is 0.713. The molecule has 6 heteroatoms. The molecule has 1 aromatic carbocycles. The van der Waals surface area contributed by atoms with Gasteiger partial charge in [-0.25, -0.2) is 4.98 Å². The number of aryl methyl sites for hydroxylation is 1. The van der Waals surface area contributed by atoms with Gasteiger partial charge in [0.15, 0.2) is 0 Å². The minimum atomic E-state index is 0.713. The van der Waals surface area contributed by atoms with Crippen molar-refractivity contribution in [3.8, 4) is 0 Å². The summed E-state index contributed by atoms with van der Waals surface area (Å²) in [5, 5.41) is 3.24. The number of pyridine rings is 1. The van der Waals surface area contributed by atoms with E-state index in [9.17, 15) is 0 Å². The van der Waals surface area contributed by atoms with Crippen molar-refractivity contribution < 1.29 is 0 Å². The number of thiocarbonyl (C=S) groups is 1. The van der Waals surface area contributed by atoms with Crippen molar-refractivity contribution >= 4 is 39.3 Å². The lowest BCUT2D eigenvalue weighted by molar-refractivity contribution is 0.929. The molecule has 0 spiro atoms. The van der Waals surface area contributed by atoms with Crippen LogP contribution in [0.25, 0.3) is 11.0 Å². The topological polar surface area (TPSA) is 53.6 Å². The maximum Gasteiger partial charge on any atom is 0.134 e. The molecule has 0 bridgehead atoms. The average molecular weight is 328 g/mol. The lowest BCUT2D eigenvalue weighted by atomic mass is 10.3. The summed E-state index contributed by atoms with van der Waals surface area (Å²) in [6, 6.07) is 12.0. The first-order valence-electron chi connectivity index (χ1n) is 7.04. The number of nitrogens with zero attached hydrogens (tertiary/aromatic N) is 2. The fraction of sp³-hybridized carbons (Fsp3) is 0.188. The largest absolute Gasteiger partial charge is 0.367 e. The van der Waals surface area contributed by atoms with Gasteiger partial charge in [0.2, 0.25) is 0 Å². The van der Waals surface area contributed by atoms with Gasteiger partial charge in [-0.05, 0) is 23.8 Å². The number of para-hydroxylation sites is 2. The van der Waals surface area contributed by atoms with E-state index in [1.807, 2.05) is 42.6 Å². The van der Waals surface area contributed by atoms with Crippen molar-refractivity contribution in [3.63, 3.8) is 0 Å². The Bertz CT molecular complexity index is 722. The maximum absolute atomic E-state index is 5.33. The summed E-state index contributed by atoms with van der Waals surface area (Å²) in [7, 11) is 0. The lowest BCUT2D eigenvalue weighted by Crippen LogP contribution is -2.18. The van der Waals surface area contributed by atoms with Crippen molar-refractivity contribution in [1.29, 1.82) is 0 Å². The predicted molar refractivity (Wildman–Crippen MR) is 95.9 cm³/mol. The van der Waals surface area contributed by atoms with Crippen LogP contribution in [-0.4, -0.2) is 25.0 Å². The highest BCUT2D eigenvalue weighted by molar-refractivity contribution is 8.22. The zero-order chi connectivity index (χ0) is 15.2. The van der Waals surface area contributed by atoms with Crippen molar-refractivity contribution in [2.45, 2.75) is 13.0 Å². The second kappa shape index (κ2) is 7.38. The van der Waals surface area contributed by atoms with E-state index in [0.717, 1.165) is 38.9 Å². The Hall–Kier alpha value is -1.92. The van der Waals surface area contributed by atoms with Gasteiger partial charge in [0.25, 0.3) is 0 Å². The van der Waals surface area contributed by atoms with E-state index in [0.29, 0.717) is 6.54 Å². The third-order valence-electron chi connectivity index (χ3n) is 3.17. The van der Waals surface area contributed by atoms with Crippen LogP contribution in [0.3, 0.4) is 0 Å². The van der Waals surface area contributed by atoms with E-state index in [2.05, 4.69) is 20.3 Å². The van der Waals surface area contributed by atoms with E-state index < -0.39 is 0 Å². The Morgan fingerprint density at radius 1 is 1.23 bits per heavy atom. The molecule has 2 N–H and O–H groups in total. The highest BCUT2D eigenvalue weighted by atomic mass is 32.2. The molecule has 0 aliphatic heterocycles. The first-order valence-corrected chi connectivity index (χ1v) is 8.44. The zero-order valence-electron chi connectivity index (χ0n) is 12.0. The van der Waals surface area contributed by atoms with Gasteiger partial charge in [-0.1, -0.05) is 42.2 Å². The first kappa shape index (κ1) is 15.0. The van der Waals surface area contributed by atoms with Gasteiger partial charge in [0.05, 0.1) is 11.0 Å². The Kier molecular flexibility index (Phi) is 5.03. The van der Waals surface area contributed by atoms with E-state index in [1.165, 1.54) is 0 Å². The molecule has 3 rings (SSSR count). The fourth-order valence-corrected chi connectivity index (χ4v) is 3.07. The molecule has 0 aliphatic carbocycles. The van der Waals surface area contributed by atoms with Gasteiger partial charge in [0, 0.05) is 31.1 Å². The number of rotatable bonds is 5. The maximum atomic E-state index is 5.33. The number of imidazole rings is 1. The van der Waals surface area contributed by atoms with Crippen LogP contribution in [0.1, 0.15) is 11.4 Å². The molecule has 0 amide bonds. The summed E-state index contributed by atoms with van der Waals surface area (Å²) in [6.07, 6.45) is 4.48. The summed E-state index contributed by atoms with van der Waals surface area (Å²) < 4.78 is 0.806. The first-order chi connectivity index (χ1) is 10.8. The monoisotopic (exact) mass is 328 g/mol. The number of fused-ring (bicyclic) bond motifs is 1. The summed E-state index contributed by atoms with van der Waals surface area (Å²) in [6.45, 7) is 0.713. The van der Waals surface area contributed by atoms with Crippen molar-refractivity contribution in [1.82, 2.24) is 20.3 Å². The molecular weight excluding hydrogens is 312 g/mol. The van der Waals surface area contributed by atoms with Crippen LogP contribution in [-0.2, 0) is 13.0 Å². The molecule has 0 radical (unpaired) electrons. The number of hydrogen-bond acceptors (Lipinski definition) is 4. The summed E-state index contributed by atoms with van der Waals surface area (Å²) in [4.78, 5) is 12.0. The van der Waals surface area contributed by atoms with Crippen LogP contribution in [0.2, 0.25) is 0 Å². The third-order valence-corrected chi connectivity index (χ3v) is 4.48. The van der Waals surface area contributed by atoms with E-state index in [4.69, 9.17) is 12.2 Å². The molecule has 2 aromatic heterocycles. The summed E-state index contributed by atoms with van der Waals surface area (Å²) in [5.74, 6) is 1.90. The number of aromatic nitrogens is 3. The third kappa shape index (κ3) is 4.05. The molecule has 3 aromatic rings. The number of benzene rings is 1. The normalized spacial score (nSPS) is 10.7.